The molecule has 61 heavy (non-hydrogen) atoms. The first-order chi connectivity index (χ1) is 29.7. The zero-order chi connectivity index (χ0) is 44.7. The van der Waals surface area contributed by atoms with E-state index in [1.807, 2.05) is 0 Å². The summed E-state index contributed by atoms with van der Waals surface area (Å²) < 4.78 is 16.8. The summed E-state index contributed by atoms with van der Waals surface area (Å²) in [6.07, 6.45) is 49.5. The number of carbonyl (C=O) groups is 3. The maximum atomic E-state index is 12.8. The third kappa shape index (κ3) is 49.3. The number of carbonyl (C=O) groups excluding carboxylic acids is 3. The molecule has 0 heterocycles. The Labute approximate surface area is 380 Å². The number of hydrogen-bond acceptors (Lipinski definition) is 6. The number of ether oxygens (including phenoxy) is 3. The Kier molecular flexibility index (Phi) is 46.6. The minimum Gasteiger partial charge on any atom is -0.462 e. The Hall–Kier alpha value is -1.59. The van der Waals surface area contributed by atoms with Gasteiger partial charge >= 0.3 is 17.9 Å². The molecule has 0 aromatic rings. The summed E-state index contributed by atoms with van der Waals surface area (Å²) in [6, 6.07) is 0. The van der Waals surface area contributed by atoms with Gasteiger partial charge in [0.1, 0.15) is 13.2 Å². The van der Waals surface area contributed by atoms with Gasteiger partial charge in [-0.25, -0.2) is 0 Å². The molecule has 362 valence electrons. The summed E-state index contributed by atoms with van der Waals surface area (Å²) >= 11 is 0. The minimum atomic E-state index is -0.762. The molecule has 1 atom stereocenters. The highest BCUT2D eigenvalue weighted by atomic mass is 16.6. The van der Waals surface area contributed by atoms with Crippen LogP contribution in [0.4, 0.5) is 0 Å². The smallest absolute Gasteiger partial charge is 0.306 e. The van der Waals surface area contributed by atoms with Crippen LogP contribution in [0, 0.1) is 11.8 Å². The zero-order valence-corrected chi connectivity index (χ0v) is 41.8. The van der Waals surface area contributed by atoms with E-state index >= 15 is 0 Å². The molecular formula is C55H106O6. The Morgan fingerprint density at radius 1 is 0.311 bits per heavy atom. The normalized spacial score (nSPS) is 12.0. The topological polar surface area (TPSA) is 78.9 Å². The second-order valence-corrected chi connectivity index (χ2v) is 19.8. The maximum absolute atomic E-state index is 12.8. The standard InChI is InChI=1S/C55H106O6/c1-6-7-8-9-10-11-12-13-14-15-18-22-25-32-37-42-47-55(58)61-52(49-60-54(57)46-41-36-31-27-26-29-34-39-44-51(4)5)48-59-53(56)45-40-35-30-24-21-19-16-17-20-23-28-33-38-43-50(2)3/h50-52H,6-49H2,1-5H3/t52-/m1/s1. The molecule has 0 bridgehead atoms. The lowest BCUT2D eigenvalue weighted by Gasteiger charge is -2.18. The zero-order valence-electron chi connectivity index (χ0n) is 41.8. The van der Waals surface area contributed by atoms with E-state index in [-0.39, 0.29) is 31.1 Å². The van der Waals surface area contributed by atoms with Crippen LogP contribution in [0.3, 0.4) is 0 Å². The molecule has 0 aliphatic carbocycles. The number of esters is 3. The second kappa shape index (κ2) is 47.9. The van der Waals surface area contributed by atoms with Crippen LogP contribution < -0.4 is 0 Å². The quantitative estimate of drug-likeness (QED) is 0.0344. The summed E-state index contributed by atoms with van der Waals surface area (Å²) in [7, 11) is 0. The fourth-order valence-corrected chi connectivity index (χ4v) is 8.34. The largest absolute Gasteiger partial charge is 0.462 e. The summed E-state index contributed by atoms with van der Waals surface area (Å²) in [5.74, 6) is 0.790. The average Bonchev–Trinajstić information content (AvgIpc) is 3.23. The van der Waals surface area contributed by atoms with Crippen molar-refractivity contribution in [2.75, 3.05) is 13.2 Å². The fraction of sp³-hybridized carbons (Fsp3) is 0.945. The van der Waals surface area contributed by atoms with Crippen molar-refractivity contribution in [2.24, 2.45) is 11.8 Å². The van der Waals surface area contributed by atoms with Crippen molar-refractivity contribution >= 4 is 17.9 Å². The molecule has 0 unspecified atom stereocenters. The molecule has 0 spiro atoms. The SMILES string of the molecule is CCCCCCCCCCCCCCCCCCC(=O)O[C@H](COC(=O)CCCCCCCCCCCCCCCC(C)C)COC(=O)CCCCCCCCCCC(C)C. The van der Waals surface area contributed by atoms with Gasteiger partial charge in [-0.15, -0.1) is 0 Å². The molecule has 0 aliphatic heterocycles. The number of hydrogen-bond donors (Lipinski definition) is 0. The molecule has 0 aromatic carbocycles. The van der Waals surface area contributed by atoms with Crippen molar-refractivity contribution in [3.05, 3.63) is 0 Å². The van der Waals surface area contributed by atoms with E-state index in [2.05, 4.69) is 34.6 Å². The van der Waals surface area contributed by atoms with E-state index in [0.29, 0.717) is 19.3 Å². The van der Waals surface area contributed by atoms with Crippen LogP contribution in [0.1, 0.15) is 304 Å². The van der Waals surface area contributed by atoms with E-state index in [4.69, 9.17) is 14.2 Å². The van der Waals surface area contributed by atoms with Gasteiger partial charge in [0.25, 0.3) is 0 Å². The molecule has 0 amide bonds. The van der Waals surface area contributed by atoms with Crippen molar-refractivity contribution in [1.82, 2.24) is 0 Å². The van der Waals surface area contributed by atoms with E-state index < -0.39 is 6.10 Å². The lowest BCUT2D eigenvalue weighted by atomic mass is 10.0. The van der Waals surface area contributed by atoms with Crippen LogP contribution in [-0.2, 0) is 28.6 Å². The maximum Gasteiger partial charge on any atom is 0.306 e. The summed E-state index contributed by atoms with van der Waals surface area (Å²) in [5.41, 5.74) is 0. The van der Waals surface area contributed by atoms with Gasteiger partial charge in [0.2, 0.25) is 0 Å². The van der Waals surface area contributed by atoms with Gasteiger partial charge in [0.15, 0.2) is 6.10 Å². The molecule has 0 saturated heterocycles. The fourth-order valence-electron chi connectivity index (χ4n) is 8.34. The second-order valence-electron chi connectivity index (χ2n) is 19.8. The molecule has 0 rings (SSSR count). The minimum absolute atomic E-state index is 0.0636. The molecular weight excluding hydrogens is 757 g/mol. The molecule has 6 heteroatoms. The molecule has 0 aromatic heterocycles. The molecule has 0 fully saturated rings. The van der Waals surface area contributed by atoms with Gasteiger partial charge in [0, 0.05) is 19.3 Å². The third-order valence-electron chi connectivity index (χ3n) is 12.5. The predicted molar refractivity (Wildman–Crippen MR) is 261 cm³/mol. The Balaban J connectivity index is 4.29. The first-order valence-electron chi connectivity index (χ1n) is 27.2. The van der Waals surface area contributed by atoms with Gasteiger partial charge in [-0.1, -0.05) is 266 Å². The molecule has 0 aliphatic rings. The number of unbranched alkanes of at least 4 members (excludes halogenated alkanes) is 34. The molecule has 0 radical (unpaired) electrons. The Morgan fingerprint density at radius 3 is 0.803 bits per heavy atom. The highest BCUT2D eigenvalue weighted by Crippen LogP contribution is 2.18. The predicted octanol–water partition coefficient (Wildman–Crippen LogP) is 17.7. The summed E-state index contributed by atoms with van der Waals surface area (Å²) in [6.45, 7) is 11.4. The summed E-state index contributed by atoms with van der Waals surface area (Å²) in [4.78, 5) is 38.0. The first-order valence-corrected chi connectivity index (χ1v) is 27.2. The van der Waals surface area contributed by atoms with Gasteiger partial charge in [-0.3, -0.25) is 14.4 Å². The van der Waals surface area contributed by atoms with Gasteiger partial charge in [0.05, 0.1) is 0 Å². The lowest BCUT2D eigenvalue weighted by molar-refractivity contribution is -0.167. The van der Waals surface area contributed by atoms with Crippen molar-refractivity contribution < 1.29 is 28.6 Å². The van der Waals surface area contributed by atoms with Crippen molar-refractivity contribution in [3.8, 4) is 0 Å². The van der Waals surface area contributed by atoms with E-state index in [1.165, 1.54) is 193 Å². The molecule has 0 N–H and O–H groups in total. The van der Waals surface area contributed by atoms with Crippen LogP contribution in [0.5, 0.6) is 0 Å². The first kappa shape index (κ1) is 59.4. The van der Waals surface area contributed by atoms with Crippen LogP contribution in [0.15, 0.2) is 0 Å². The van der Waals surface area contributed by atoms with Crippen LogP contribution >= 0.6 is 0 Å². The number of rotatable bonds is 49. The highest BCUT2D eigenvalue weighted by Gasteiger charge is 2.19. The van der Waals surface area contributed by atoms with Gasteiger partial charge in [-0.05, 0) is 31.1 Å². The van der Waals surface area contributed by atoms with Gasteiger partial charge in [-0.2, -0.15) is 0 Å². The molecule has 6 nitrogen and oxygen atoms in total. The highest BCUT2D eigenvalue weighted by molar-refractivity contribution is 5.71. The van der Waals surface area contributed by atoms with Crippen LogP contribution in [0.25, 0.3) is 0 Å². The Bertz CT molecular complexity index is 931. The van der Waals surface area contributed by atoms with E-state index in [0.717, 1.165) is 69.6 Å². The van der Waals surface area contributed by atoms with E-state index in [9.17, 15) is 14.4 Å². The lowest BCUT2D eigenvalue weighted by Crippen LogP contribution is -2.30. The van der Waals surface area contributed by atoms with Crippen molar-refractivity contribution in [1.29, 1.82) is 0 Å². The van der Waals surface area contributed by atoms with Crippen molar-refractivity contribution in [3.63, 3.8) is 0 Å². The van der Waals surface area contributed by atoms with E-state index in [1.54, 1.807) is 0 Å². The van der Waals surface area contributed by atoms with Crippen LogP contribution in [-0.4, -0.2) is 37.2 Å². The summed E-state index contributed by atoms with van der Waals surface area (Å²) in [5, 5.41) is 0. The Morgan fingerprint density at radius 2 is 0.541 bits per heavy atom. The molecule has 0 saturated carbocycles. The van der Waals surface area contributed by atoms with Crippen molar-refractivity contribution in [2.45, 2.75) is 310 Å². The van der Waals surface area contributed by atoms with Crippen LogP contribution in [0.2, 0.25) is 0 Å². The average molecular weight is 863 g/mol. The van der Waals surface area contributed by atoms with Gasteiger partial charge < -0.3 is 14.2 Å². The third-order valence-corrected chi connectivity index (χ3v) is 12.5. The monoisotopic (exact) mass is 863 g/mol.